The maximum atomic E-state index is 6.05. The van der Waals surface area contributed by atoms with Gasteiger partial charge < -0.3 is 5.73 Å². The van der Waals surface area contributed by atoms with E-state index in [1.54, 1.807) is 0 Å². The molecule has 1 aliphatic carbocycles. The number of rotatable bonds is 2. The fourth-order valence-electron chi connectivity index (χ4n) is 1.50. The molecule has 0 atom stereocenters. The van der Waals surface area contributed by atoms with Crippen molar-refractivity contribution in [2.24, 2.45) is 5.73 Å². The van der Waals surface area contributed by atoms with E-state index >= 15 is 0 Å². The summed E-state index contributed by atoms with van der Waals surface area (Å²) in [5, 5.41) is 7.41. The van der Waals surface area contributed by atoms with Crippen LogP contribution in [0.3, 0.4) is 0 Å². The third kappa shape index (κ3) is 1.04. The Morgan fingerprint density at radius 3 is 2.83 bits per heavy atom. The van der Waals surface area contributed by atoms with E-state index in [1.807, 2.05) is 0 Å². The third-order valence-electron chi connectivity index (χ3n) is 2.44. The lowest BCUT2D eigenvalue weighted by Crippen LogP contribution is -2.20. The Morgan fingerprint density at radius 2 is 2.33 bits per heavy atom. The number of nitrogens with one attached hydrogen (secondary N) is 1. The minimum atomic E-state index is -0.171. The van der Waals surface area contributed by atoms with Crippen molar-refractivity contribution in [3.8, 4) is 0 Å². The first-order valence-electron chi connectivity index (χ1n) is 4.19. The summed E-state index contributed by atoms with van der Waals surface area (Å²) in [6.07, 6.45) is 2.96. The number of hydrogen-bond acceptors (Lipinski definition) is 2. The normalized spacial score (nSPS) is 19.6. The number of nitrogens with zero attached hydrogens (tertiary/aromatic N) is 1. The molecule has 0 radical (unpaired) electrons. The summed E-state index contributed by atoms with van der Waals surface area (Å²) >= 11 is 5.93. The maximum absolute atomic E-state index is 6.05. The molecule has 1 saturated carbocycles. The summed E-state index contributed by atoms with van der Waals surface area (Å²) in [7, 11) is 0. The summed E-state index contributed by atoms with van der Waals surface area (Å²) in [4.78, 5) is 0. The first-order valence-corrected chi connectivity index (χ1v) is 4.57. The second-order valence-corrected chi connectivity index (χ2v) is 3.74. The van der Waals surface area contributed by atoms with E-state index in [-0.39, 0.29) is 5.54 Å². The lowest BCUT2D eigenvalue weighted by molar-refractivity contribution is 0.727. The molecular weight excluding hydrogens is 174 g/mol. The largest absolute Gasteiger partial charge is 0.321 e. The van der Waals surface area contributed by atoms with E-state index in [2.05, 4.69) is 17.1 Å². The van der Waals surface area contributed by atoms with Crippen LogP contribution in [0.5, 0.6) is 0 Å². The van der Waals surface area contributed by atoms with Gasteiger partial charge in [-0.2, -0.15) is 5.10 Å². The zero-order chi connectivity index (χ0) is 8.77. The molecule has 3 N–H and O–H groups in total. The number of halogens is 1. The lowest BCUT2D eigenvalue weighted by atomic mass is 10.1. The highest BCUT2D eigenvalue weighted by Gasteiger charge is 2.44. The summed E-state index contributed by atoms with van der Waals surface area (Å²) in [6.45, 7) is 2.07. The van der Waals surface area contributed by atoms with Gasteiger partial charge >= 0.3 is 0 Å². The van der Waals surface area contributed by atoms with Gasteiger partial charge in [-0.25, -0.2) is 0 Å². The Balaban J connectivity index is 2.46. The van der Waals surface area contributed by atoms with Gasteiger partial charge in [0.15, 0.2) is 5.15 Å². The molecule has 1 aliphatic rings. The second-order valence-electron chi connectivity index (χ2n) is 3.38. The first-order chi connectivity index (χ1) is 5.67. The maximum Gasteiger partial charge on any atom is 0.156 e. The number of H-pyrrole nitrogens is 1. The molecule has 1 heterocycles. The Hall–Kier alpha value is -0.540. The van der Waals surface area contributed by atoms with E-state index in [0.717, 1.165) is 30.5 Å². The Bertz CT molecular complexity index is 301. The van der Waals surface area contributed by atoms with E-state index in [1.165, 1.54) is 0 Å². The van der Waals surface area contributed by atoms with E-state index in [0.29, 0.717) is 5.15 Å². The van der Waals surface area contributed by atoms with Crippen molar-refractivity contribution in [1.29, 1.82) is 0 Å². The van der Waals surface area contributed by atoms with Crippen molar-refractivity contribution in [3.63, 3.8) is 0 Å². The van der Waals surface area contributed by atoms with E-state index in [9.17, 15) is 0 Å². The first kappa shape index (κ1) is 8.08. The van der Waals surface area contributed by atoms with Crippen LogP contribution in [0.2, 0.25) is 5.15 Å². The highest BCUT2D eigenvalue weighted by molar-refractivity contribution is 6.30. The smallest absolute Gasteiger partial charge is 0.156 e. The number of hydrogen-bond donors (Lipinski definition) is 2. The van der Waals surface area contributed by atoms with E-state index < -0.39 is 0 Å². The van der Waals surface area contributed by atoms with Crippen molar-refractivity contribution in [3.05, 3.63) is 16.4 Å². The standard InChI is InChI=1S/C8H12ClN3/c1-2-5-6(7(9)12-11-5)8(10)3-4-8/h2-4,10H2,1H3,(H,11,12). The fourth-order valence-corrected chi connectivity index (χ4v) is 1.84. The molecule has 0 aliphatic heterocycles. The van der Waals surface area contributed by atoms with Crippen molar-refractivity contribution < 1.29 is 0 Å². The van der Waals surface area contributed by atoms with Crippen LogP contribution in [0.15, 0.2) is 0 Å². The molecule has 1 fully saturated rings. The van der Waals surface area contributed by atoms with Crippen molar-refractivity contribution in [1.82, 2.24) is 10.2 Å². The summed E-state index contributed by atoms with van der Waals surface area (Å²) < 4.78 is 0. The highest BCUT2D eigenvalue weighted by Crippen LogP contribution is 2.46. The Morgan fingerprint density at radius 1 is 1.67 bits per heavy atom. The van der Waals surface area contributed by atoms with Gasteiger partial charge in [0.05, 0.1) is 0 Å². The molecule has 0 aromatic carbocycles. The Labute approximate surface area is 76.3 Å². The van der Waals surface area contributed by atoms with Crippen LogP contribution in [0.1, 0.15) is 31.0 Å². The molecule has 1 aromatic rings. The zero-order valence-corrected chi connectivity index (χ0v) is 7.78. The average molecular weight is 186 g/mol. The van der Waals surface area contributed by atoms with Crippen molar-refractivity contribution in [2.45, 2.75) is 31.7 Å². The summed E-state index contributed by atoms with van der Waals surface area (Å²) in [6, 6.07) is 0. The van der Waals surface area contributed by atoms with Gasteiger partial charge in [0.2, 0.25) is 0 Å². The summed E-state index contributed by atoms with van der Waals surface area (Å²) in [5.41, 5.74) is 7.99. The topological polar surface area (TPSA) is 54.7 Å². The number of aryl methyl sites for hydroxylation is 1. The minimum Gasteiger partial charge on any atom is -0.321 e. The van der Waals surface area contributed by atoms with Crippen LogP contribution < -0.4 is 5.73 Å². The second kappa shape index (κ2) is 2.47. The fraction of sp³-hybridized carbons (Fsp3) is 0.625. The highest BCUT2D eigenvalue weighted by atomic mass is 35.5. The van der Waals surface area contributed by atoms with Crippen LogP contribution in [-0.4, -0.2) is 10.2 Å². The molecular formula is C8H12ClN3. The SMILES string of the molecule is CCc1[nH]nc(Cl)c1C1(N)CC1. The van der Waals surface area contributed by atoms with Gasteiger partial charge in [0, 0.05) is 16.8 Å². The van der Waals surface area contributed by atoms with Gasteiger partial charge in [-0.3, -0.25) is 5.10 Å². The predicted octanol–water partition coefficient (Wildman–Crippen LogP) is 1.57. The molecule has 1 aromatic heterocycles. The summed E-state index contributed by atoms with van der Waals surface area (Å²) in [5.74, 6) is 0. The molecule has 0 unspecified atom stereocenters. The van der Waals surface area contributed by atoms with Crippen molar-refractivity contribution >= 4 is 11.6 Å². The van der Waals surface area contributed by atoms with Gasteiger partial charge in [-0.1, -0.05) is 18.5 Å². The van der Waals surface area contributed by atoms with Crippen molar-refractivity contribution in [2.75, 3.05) is 0 Å². The van der Waals surface area contributed by atoms with Gasteiger partial charge in [-0.15, -0.1) is 0 Å². The predicted molar refractivity (Wildman–Crippen MR) is 48.1 cm³/mol. The lowest BCUT2D eigenvalue weighted by Gasteiger charge is -2.08. The monoisotopic (exact) mass is 185 g/mol. The number of aromatic nitrogens is 2. The molecule has 0 bridgehead atoms. The number of nitrogens with two attached hydrogens (primary N) is 1. The number of aromatic amines is 1. The van der Waals surface area contributed by atoms with E-state index in [4.69, 9.17) is 17.3 Å². The average Bonchev–Trinajstić information content (AvgIpc) is 2.64. The van der Waals surface area contributed by atoms with Crippen LogP contribution in [-0.2, 0) is 12.0 Å². The third-order valence-corrected chi connectivity index (χ3v) is 2.71. The van der Waals surface area contributed by atoms with Gasteiger partial charge in [0.25, 0.3) is 0 Å². The quantitative estimate of drug-likeness (QED) is 0.735. The van der Waals surface area contributed by atoms with Crippen LogP contribution in [0.4, 0.5) is 0 Å². The van der Waals surface area contributed by atoms with Gasteiger partial charge in [-0.05, 0) is 19.3 Å². The van der Waals surface area contributed by atoms with Gasteiger partial charge in [0.1, 0.15) is 0 Å². The molecule has 12 heavy (non-hydrogen) atoms. The molecule has 66 valence electrons. The molecule has 0 saturated heterocycles. The zero-order valence-electron chi connectivity index (χ0n) is 7.02. The molecule has 0 spiro atoms. The molecule has 2 rings (SSSR count). The molecule has 4 heteroatoms. The molecule has 3 nitrogen and oxygen atoms in total. The molecule has 0 amide bonds. The van der Waals surface area contributed by atoms with Crippen LogP contribution in [0.25, 0.3) is 0 Å². The van der Waals surface area contributed by atoms with Crippen LogP contribution >= 0.6 is 11.6 Å². The Kier molecular flexibility index (Phi) is 1.66. The van der Waals surface area contributed by atoms with Crippen LogP contribution in [0, 0.1) is 0 Å². The minimum absolute atomic E-state index is 0.171.